The first kappa shape index (κ1) is 23.1. The van der Waals surface area contributed by atoms with Crippen molar-refractivity contribution in [2.45, 2.75) is 26.2 Å². The predicted molar refractivity (Wildman–Crippen MR) is 120 cm³/mol. The van der Waals surface area contributed by atoms with Gasteiger partial charge < -0.3 is 15.1 Å². The SMILES string of the molecule is CC(CC(=O)N1CCN(c2ncnc3ccsc23)CC1)C1CCCNC1.Cl.Cl. The number of thiophene rings is 1. The number of nitrogens with zero attached hydrogens (tertiary/aromatic N) is 4. The molecule has 2 unspecified atom stereocenters. The molecule has 4 rings (SSSR count). The number of nitrogens with one attached hydrogen (secondary N) is 1. The molecule has 0 saturated carbocycles. The molecule has 2 atom stereocenters. The fourth-order valence-electron chi connectivity index (χ4n) is 4.10. The van der Waals surface area contributed by atoms with Crippen LogP contribution in [0.5, 0.6) is 0 Å². The molecule has 2 aromatic heterocycles. The summed E-state index contributed by atoms with van der Waals surface area (Å²) in [6.07, 6.45) is 4.80. The summed E-state index contributed by atoms with van der Waals surface area (Å²) in [4.78, 5) is 25.9. The van der Waals surface area contributed by atoms with Crippen LogP contribution in [0.25, 0.3) is 10.2 Å². The number of rotatable bonds is 4. The van der Waals surface area contributed by atoms with Crippen molar-refractivity contribution in [2.24, 2.45) is 11.8 Å². The fraction of sp³-hybridized carbons (Fsp3) is 0.632. The highest BCUT2D eigenvalue weighted by atomic mass is 35.5. The standard InChI is InChI=1S/C19H27N5OS.2ClH/c1-14(15-3-2-5-20-12-15)11-17(25)23-6-8-24(9-7-23)19-18-16(4-10-26-18)21-13-22-19;;/h4,10,13-15,20H,2-3,5-9,11-12H2,1H3;2*1H. The molecule has 0 aromatic carbocycles. The molecule has 0 bridgehead atoms. The summed E-state index contributed by atoms with van der Waals surface area (Å²) in [5.41, 5.74) is 1.01. The topological polar surface area (TPSA) is 61.4 Å². The molecule has 4 heterocycles. The van der Waals surface area contributed by atoms with E-state index in [1.807, 2.05) is 11.0 Å². The smallest absolute Gasteiger partial charge is 0.222 e. The number of piperazine rings is 1. The van der Waals surface area contributed by atoms with Crippen LogP contribution in [0.3, 0.4) is 0 Å². The van der Waals surface area contributed by atoms with Crippen molar-refractivity contribution in [3.05, 3.63) is 17.8 Å². The number of halogens is 2. The first-order chi connectivity index (χ1) is 12.7. The van der Waals surface area contributed by atoms with E-state index in [-0.39, 0.29) is 24.8 Å². The zero-order valence-corrected chi connectivity index (χ0v) is 18.6. The van der Waals surface area contributed by atoms with Crippen molar-refractivity contribution in [1.82, 2.24) is 20.2 Å². The van der Waals surface area contributed by atoms with Crippen LogP contribution < -0.4 is 10.2 Å². The number of hydrogen-bond donors (Lipinski definition) is 1. The average Bonchev–Trinajstić information content (AvgIpc) is 3.17. The minimum Gasteiger partial charge on any atom is -0.352 e. The Bertz CT molecular complexity index is 760. The number of carbonyl (C=O) groups excluding carboxylic acids is 1. The molecule has 6 nitrogen and oxygen atoms in total. The van der Waals surface area contributed by atoms with E-state index in [9.17, 15) is 4.79 Å². The zero-order chi connectivity index (χ0) is 17.9. The van der Waals surface area contributed by atoms with E-state index in [1.54, 1.807) is 17.7 Å². The number of piperidine rings is 1. The highest BCUT2D eigenvalue weighted by Gasteiger charge is 2.27. The van der Waals surface area contributed by atoms with Crippen molar-refractivity contribution < 1.29 is 4.79 Å². The molecule has 1 N–H and O–H groups in total. The highest BCUT2D eigenvalue weighted by Crippen LogP contribution is 2.29. The Morgan fingerprint density at radius 2 is 2.07 bits per heavy atom. The van der Waals surface area contributed by atoms with Crippen molar-refractivity contribution in [2.75, 3.05) is 44.2 Å². The van der Waals surface area contributed by atoms with Crippen LogP contribution in [-0.2, 0) is 4.79 Å². The van der Waals surface area contributed by atoms with Crippen LogP contribution in [-0.4, -0.2) is 60.0 Å². The van der Waals surface area contributed by atoms with E-state index in [1.165, 1.54) is 12.8 Å². The van der Waals surface area contributed by atoms with Crippen LogP contribution in [0.1, 0.15) is 26.2 Å². The zero-order valence-electron chi connectivity index (χ0n) is 16.2. The molecule has 9 heteroatoms. The third kappa shape index (κ3) is 5.06. The van der Waals surface area contributed by atoms with E-state index in [4.69, 9.17) is 0 Å². The van der Waals surface area contributed by atoms with Gasteiger partial charge in [-0.15, -0.1) is 36.2 Å². The molecule has 1 amide bonds. The second kappa shape index (κ2) is 10.6. The largest absolute Gasteiger partial charge is 0.352 e. The minimum atomic E-state index is 0. The molecule has 156 valence electrons. The second-order valence-corrected chi connectivity index (χ2v) is 8.40. The third-order valence-electron chi connectivity index (χ3n) is 5.79. The lowest BCUT2D eigenvalue weighted by atomic mass is 9.85. The van der Waals surface area contributed by atoms with Crippen LogP contribution in [0.4, 0.5) is 5.82 Å². The Kier molecular flexibility index (Phi) is 8.74. The average molecular weight is 446 g/mol. The summed E-state index contributed by atoms with van der Waals surface area (Å²) >= 11 is 1.69. The molecule has 0 radical (unpaired) electrons. The maximum Gasteiger partial charge on any atom is 0.222 e. The molecule has 2 fully saturated rings. The van der Waals surface area contributed by atoms with Gasteiger partial charge in [0, 0.05) is 32.6 Å². The molecule has 2 aliphatic heterocycles. The van der Waals surface area contributed by atoms with Gasteiger partial charge in [0.2, 0.25) is 5.91 Å². The fourth-order valence-corrected chi connectivity index (χ4v) is 4.97. The van der Waals surface area contributed by atoms with Crippen molar-refractivity contribution in [3.8, 4) is 0 Å². The molecule has 28 heavy (non-hydrogen) atoms. The Morgan fingerprint density at radius 1 is 1.29 bits per heavy atom. The first-order valence-corrected chi connectivity index (χ1v) is 10.5. The Balaban J connectivity index is 0.00000140. The summed E-state index contributed by atoms with van der Waals surface area (Å²) in [6.45, 7) is 7.67. The highest BCUT2D eigenvalue weighted by molar-refractivity contribution is 7.17. The number of carbonyl (C=O) groups is 1. The van der Waals surface area contributed by atoms with Gasteiger partial charge in [-0.1, -0.05) is 6.92 Å². The van der Waals surface area contributed by atoms with Gasteiger partial charge in [-0.05, 0) is 49.2 Å². The molecule has 0 spiro atoms. The lowest BCUT2D eigenvalue weighted by molar-refractivity contribution is -0.132. The number of amides is 1. The van der Waals surface area contributed by atoms with Crippen molar-refractivity contribution >= 4 is 58.1 Å². The maximum atomic E-state index is 12.7. The van der Waals surface area contributed by atoms with E-state index in [2.05, 4.69) is 32.5 Å². The second-order valence-electron chi connectivity index (χ2n) is 7.49. The predicted octanol–water partition coefficient (Wildman–Crippen LogP) is 3.21. The number of hydrogen-bond acceptors (Lipinski definition) is 6. The lowest BCUT2D eigenvalue weighted by Gasteiger charge is -2.36. The summed E-state index contributed by atoms with van der Waals surface area (Å²) < 4.78 is 1.14. The maximum absolute atomic E-state index is 12.7. The number of aromatic nitrogens is 2. The van der Waals surface area contributed by atoms with Gasteiger partial charge in [0.25, 0.3) is 0 Å². The quantitative estimate of drug-likeness (QED) is 0.782. The van der Waals surface area contributed by atoms with Gasteiger partial charge in [0.1, 0.15) is 12.1 Å². The molecule has 0 aliphatic carbocycles. The number of anilines is 1. The monoisotopic (exact) mass is 445 g/mol. The van der Waals surface area contributed by atoms with Gasteiger partial charge in [-0.2, -0.15) is 0 Å². The molecular weight excluding hydrogens is 417 g/mol. The van der Waals surface area contributed by atoms with E-state index in [0.29, 0.717) is 24.2 Å². The van der Waals surface area contributed by atoms with Crippen molar-refractivity contribution in [1.29, 1.82) is 0 Å². The van der Waals surface area contributed by atoms with Crippen LogP contribution in [0.2, 0.25) is 0 Å². The summed E-state index contributed by atoms with van der Waals surface area (Å²) in [6, 6.07) is 2.03. The van der Waals surface area contributed by atoms with Crippen molar-refractivity contribution in [3.63, 3.8) is 0 Å². The molecule has 2 saturated heterocycles. The van der Waals surface area contributed by atoms with Crippen LogP contribution in [0, 0.1) is 11.8 Å². The van der Waals surface area contributed by atoms with Crippen LogP contribution >= 0.6 is 36.2 Å². The van der Waals surface area contributed by atoms with Crippen LogP contribution in [0.15, 0.2) is 17.8 Å². The Labute approximate surface area is 182 Å². The normalized spacial score (nSPS) is 21.0. The summed E-state index contributed by atoms with van der Waals surface area (Å²) in [5.74, 6) is 2.42. The van der Waals surface area contributed by atoms with Gasteiger partial charge in [-0.3, -0.25) is 4.79 Å². The summed E-state index contributed by atoms with van der Waals surface area (Å²) in [5, 5.41) is 5.52. The van der Waals surface area contributed by atoms with Gasteiger partial charge in [0.05, 0.1) is 10.2 Å². The van der Waals surface area contributed by atoms with Gasteiger partial charge >= 0.3 is 0 Å². The summed E-state index contributed by atoms with van der Waals surface area (Å²) in [7, 11) is 0. The van der Waals surface area contributed by atoms with E-state index in [0.717, 1.165) is 55.3 Å². The molecule has 2 aromatic rings. The van der Waals surface area contributed by atoms with E-state index >= 15 is 0 Å². The minimum absolute atomic E-state index is 0. The number of fused-ring (bicyclic) bond motifs is 1. The lowest BCUT2D eigenvalue weighted by Crippen LogP contribution is -2.49. The first-order valence-electron chi connectivity index (χ1n) is 9.64. The van der Waals surface area contributed by atoms with Gasteiger partial charge in [-0.25, -0.2) is 9.97 Å². The Morgan fingerprint density at radius 3 is 2.79 bits per heavy atom. The Hall–Kier alpha value is -1.15. The van der Waals surface area contributed by atoms with Gasteiger partial charge in [0.15, 0.2) is 0 Å². The molecular formula is C19H29Cl2N5OS. The third-order valence-corrected chi connectivity index (χ3v) is 6.69. The molecule has 2 aliphatic rings. The van der Waals surface area contributed by atoms with E-state index < -0.39 is 0 Å².